The van der Waals surface area contributed by atoms with E-state index < -0.39 is 0 Å². The zero-order valence-corrected chi connectivity index (χ0v) is 12.9. The van der Waals surface area contributed by atoms with Crippen molar-refractivity contribution in [3.63, 3.8) is 0 Å². The standard InChI is InChI=1S/C14H12ClN3O2S/c1-17-10-5-8(15)4-9(13(10)20-6-12(17)19)11-7-21-14-16-2-3-18(11)14/h4-5,7H,2-3,6H2,1H3. The predicted octanol–water partition coefficient (Wildman–Crippen LogP) is 2.41. The summed E-state index contributed by atoms with van der Waals surface area (Å²) in [5, 5.41) is 3.66. The summed E-state index contributed by atoms with van der Waals surface area (Å²) < 4.78 is 5.69. The van der Waals surface area contributed by atoms with Crippen LogP contribution in [0.5, 0.6) is 5.75 Å². The molecule has 0 bridgehead atoms. The SMILES string of the molecule is CN1C(=O)COc2c(C3=CSC4=NCCN34)cc(Cl)cc21. The lowest BCUT2D eigenvalue weighted by Gasteiger charge is -2.29. The normalized spacial score (nSPS) is 20.0. The van der Waals surface area contributed by atoms with Crippen LogP contribution in [0.25, 0.3) is 5.70 Å². The first kappa shape index (κ1) is 13.0. The first-order chi connectivity index (χ1) is 10.1. The van der Waals surface area contributed by atoms with E-state index in [1.54, 1.807) is 29.8 Å². The van der Waals surface area contributed by atoms with Crippen molar-refractivity contribution in [2.24, 2.45) is 4.99 Å². The highest BCUT2D eigenvalue weighted by atomic mass is 35.5. The van der Waals surface area contributed by atoms with Gasteiger partial charge in [0.2, 0.25) is 0 Å². The Morgan fingerprint density at radius 1 is 1.43 bits per heavy atom. The molecule has 0 unspecified atom stereocenters. The summed E-state index contributed by atoms with van der Waals surface area (Å²) in [6.07, 6.45) is 0. The highest BCUT2D eigenvalue weighted by Gasteiger charge is 2.32. The third-order valence-electron chi connectivity index (χ3n) is 3.75. The highest BCUT2D eigenvalue weighted by molar-refractivity contribution is 8.16. The highest BCUT2D eigenvalue weighted by Crippen LogP contribution is 2.45. The van der Waals surface area contributed by atoms with E-state index in [4.69, 9.17) is 16.3 Å². The third kappa shape index (κ3) is 1.93. The van der Waals surface area contributed by atoms with Crippen LogP contribution in [0.1, 0.15) is 5.56 Å². The molecule has 4 rings (SSSR count). The fourth-order valence-corrected chi connectivity index (χ4v) is 3.83. The number of ether oxygens (including phenoxy) is 1. The summed E-state index contributed by atoms with van der Waals surface area (Å²) in [5.41, 5.74) is 2.67. The minimum absolute atomic E-state index is 0.0551. The number of carbonyl (C=O) groups excluding carboxylic acids is 1. The molecule has 3 aliphatic rings. The average molecular weight is 322 g/mol. The summed E-state index contributed by atoms with van der Waals surface area (Å²) in [4.78, 5) is 20.0. The van der Waals surface area contributed by atoms with Crippen molar-refractivity contribution in [1.29, 1.82) is 0 Å². The number of thioether (sulfide) groups is 1. The molecule has 7 heteroatoms. The van der Waals surface area contributed by atoms with Gasteiger partial charge in [-0.25, -0.2) is 0 Å². The molecular weight excluding hydrogens is 310 g/mol. The molecule has 3 heterocycles. The van der Waals surface area contributed by atoms with Gasteiger partial charge in [-0.05, 0) is 12.1 Å². The number of hydrogen-bond donors (Lipinski definition) is 0. The number of aliphatic imine (C=N–C) groups is 1. The van der Waals surface area contributed by atoms with Crippen molar-refractivity contribution < 1.29 is 9.53 Å². The molecular formula is C14H12ClN3O2S. The van der Waals surface area contributed by atoms with E-state index in [9.17, 15) is 4.79 Å². The molecule has 0 radical (unpaired) electrons. The quantitative estimate of drug-likeness (QED) is 0.797. The largest absolute Gasteiger partial charge is 0.481 e. The van der Waals surface area contributed by atoms with Crippen LogP contribution < -0.4 is 9.64 Å². The molecule has 21 heavy (non-hydrogen) atoms. The summed E-state index contributed by atoms with van der Waals surface area (Å²) in [5.74, 6) is 0.635. The molecule has 0 fully saturated rings. The van der Waals surface area contributed by atoms with Gasteiger partial charge in [0.15, 0.2) is 17.5 Å². The van der Waals surface area contributed by atoms with E-state index in [1.165, 1.54) is 0 Å². The van der Waals surface area contributed by atoms with Crippen LogP contribution in [-0.2, 0) is 4.79 Å². The Balaban J connectivity index is 1.85. The summed E-state index contributed by atoms with van der Waals surface area (Å²) in [7, 11) is 1.74. The number of likely N-dealkylation sites (N-methyl/N-ethyl adjacent to an activating group) is 1. The average Bonchev–Trinajstić information content (AvgIpc) is 3.05. The van der Waals surface area contributed by atoms with Crippen LogP contribution in [0.3, 0.4) is 0 Å². The molecule has 0 aliphatic carbocycles. The van der Waals surface area contributed by atoms with Crippen LogP contribution in [0.2, 0.25) is 5.02 Å². The number of benzene rings is 1. The zero-order valence-electron chi connectivity index (χ0n) is 11.3. The fourth-order valence-electron chi connectivity index (χ4n) is 2.67. The Kier molecular flexibility index (Phi) is 2.90. The van der Waals surface area contributed by atoms with E-state index >= 15 is 0 Å². The van der Waals surface area contributed by atoms with Crippen LogP contribution in [0.15, 0.2) is 22.5 Å². The van der Waals surface area contributed by atoms with Gasteiger partial charge in [0.05, 0.1) is 17.9 Å². The Bertz CT molecular complexity index is 716. The number of amides is 1. The molecule has 0 aromatic heterocycles. The van der Waals surface area contributed by atoms with Gasteiger partial charge in [-0.3, -0.25) is 9.79 Å². The number of rotatable bonds is 1. The number of nitrogens with zero attached hydrogens (tertiary/aromatic N) is 3. The fraction of sp³-hybridized carbons (Fsp3) is 0.286. The van der Waals surface area contributed by atoms with Gasteiger partial charge < -0.3 is 14.5 Å². The van der Waals surface area contributed by atoms with E-state index in [0.717, 1.165) is 29.5 Å². The summed E-state index contributed by atoms with van der Waals surface area (Å²) in [6, 6.07) is 3.65. The number of carbonyl (C=O) groups is 1. The Labute approximate surface area is 131 Å². The zero-order chi connectivity index (χ0) is 14.6. The predicted molar refractivity (Wildman–Crippen MR) is 84.9 cm³/mol. The number of halogens is 1. The molecule has 0 saturated heterocycles. The number of anilines is 1. The van der Waals surface area contributed by atoms with E-state index in [-0.39, 0.29) is 12.5 Å². The van der Waals surface area contributed by atoms with Crippen LogP contribution >= 0.6 is 23.4 Å². The molecule has 108 valence electrons. The minimum Gasteiger partial charge on any atom is -0.481 e. The van der Waals surface area contributed by atoms with Crippen LogP contribution in [-0.4, -0.2) is 42.7 Å². The first-order valence-corrected chi connectivity index (χ1v) is 7.83. The molecule has 1 aromatic rings. The van der Waals surface area contributed by atoms with Crippen LogP contribution in [0, 0.1) is 0 Å². The van der Waals surface area contributed by atoms with Gasteiger partial charge >= 0.3 is 0 Å². The molecule has 1 aromatic carbocycles. The number of amidine groups is 1. The second kappa shape index (κ2) is 4.68. The Morgan fingerprint density at radius 3 is 3.14 bits per heavy atom. The second-order valence-corrected chi connectivity index (χ2v) is 6.25. The molecule has 0 spiro atoms. The molecule has 0 N–H and O–H groups in total. The summed E-state index contributed by atoms with van der Waals surface area (Å²) >= 11 is 7.85. The topological polar surface area (TPSA) is 45.1 Å². The van der Waals surface area contributed by atoms with Gasteiger partial charge in [0.25, 0.3) is 5.91 Å². The Morgan fingerprint density at radius 2 is 2.29 bits per heavy atom. The van der Waals surface area contributed by atoms with Crippen molar-refractivity contribution in [2.45, 2.75) is 0 Å². The molecule has 0 saturated carbocycles. The van der Waals surface area contributed by atoms with E-state index in [2.05, 4.69) is 15.3 Å². The lowest BCUT2D eigenvalue weighted by atomic mass is 10.1. The van der Waals surface area contributed by atoms with Gasteiger partial charge in [-0.2, -0.15) is 0 Å². The lowest BCUT2D eigenvalue weighted by Crippen LogP contribution is -2.36. The lowest BCUT2D eigenvalue weighted by molar-refractivity contribution is -0.120. The number of hydrogen-bond acceptors (Lipinski definition) is 5. The van der Waals surface area contributed by atoms with Crippen molar-refractivity contribution in [2.75, 3.05) is 31.6 Å². The molecule has 3 aliphatic heterocycles. The molecule has 1 amide bonds. The smallest absolute Gasteiger partial charge is 0.264 e. The van der Waals surface area contributed by atoms with Gasteiger partial charge in [0.1, 0.15) is 0 Å². The number of fused-ring (bicyclic) bond motifs is 2. The van der Waals surface area contributed by atoms with Crippen molar-refractivity contribution >= 4 is 45.8 Å². The van der Waals surface area contributed by atoms with E-state index in [0.29, 0.717) is 16.5 Å². The maximum atomic E-state index is 11.8. The summed E-state index contributed by atoms with van der Waals surface area (Å²) in [6.45, 7) is 1.73. The van der Waals surface area contributed by atoms with Gasteiger partial charge in [-0.1, -0.05) is 23.4 Å². The maximum Gasteiger partial charge on any atom is 0.264 e. The van der Waals surface area contributed by atoms with Crippen molar-refractivity contribution in [1.82, 2.24) is 4.90 Å². The van der Waals surface area contributed by atoms with E-state index in [1.807, 2.05) is 6.07 Å². The molecule has 5 nitrogen and oxygen atoms in total. The minimum atomic E-state index is -0.0751. The molecule has 0 atom stereocenters. The Hall–Kier alpha value is -1.66. The van der Waals surface area contributed by atoms with Gasteiger partial charge in [-0.15, -0.1) is 0 Å². The second-order valence-electron chi connectivity index (χ2n) is 4.98. The van der Waals surface area contributed by atoms with Crippen molar-refractivity contribution in [3.8, 4) is 5.75 Å². The third-order valence-corrected chi connectivity index (χ3v) is 4.87. The van der Waals surface area contributed by atoms with Crippen LogP contribution in [0.4, 0.5) is 5.69 Å². The monoisotopic (exact) mass is 321 g/mol. The van der Waals surface area contributed by atoms with Crippen molar-refractivity contribution in [3.05, 3.63) is 28.1 Å². The first-order valence-electron chi connectivity index (χ1n) is 6.57. The van der Waals surface area contributed by atoms with Gasteiger partial charge in [0, 0.05) is 29.6 Å². The maximum absolute atomic E-state index is 11.8.